The fraction of sp³-hybridized carbons (Fsp3) is 0.312. The number of rotatable bonds is 3. The molecule has 1 saturated heterocycles. The molecule has 2 aromatic heterocycles. The van der Waals surface area contributed by atoms with E-state index in [1.54, 1.807) is 16.7 Å². The van der Waals surface area contributed by atoms with Gasteiger partial charge >= 0.3 is 0 Å². The maximum absolute atomic E-state index is 14.2. The van der Waals surface area contributed by atoms with Crippen molar-refractivity contribution < 1.29 is 9.13 Å². The highest BCUT2D eigenvalue weighted by atomic mass is 35.5. The van der Waals surface area contributed by atoms with Gasteiger partial charge < -0.3 is 14.2 Å². The van der Waals surface area contributed by atoms with Crippen LogP contribution in [0.1, 0.15) is 5.56 Å². The molecule has 25 heavy (non-hydrogen) atoms. The lowest BCUT2D eigenvalue weighted by atomic mass is 10.2. The minimum Gasteiger partial charge on any atom is -0.378 e. The van der Waals surface area contributed by atoms with Crippen LogP contribution in [0, 0.1) is 5.82 Å². The molecular weight excluding hydrogens is 367 g/mol. The summed E-state index contributed by atoms with van der Waals surface area (Å²) in [6.07, 6.45) is 1.40. The molecule has 0 saturated carbocycles. The van der Waals surface area contributed by atoms with Gasteiger partial charge in [0.1, 0.15) is 16.8 Å². The summed E-state index contributed by atoms with van der Waals surface area (Å²) in [7, 11) is 0. The molecule has 3 heterocycles. The van der Waals surface area contributed by atoms with E-state index in [4.69, 9.17) is 16.3 Å². The summed E-state index contributed by atoms with van der Waals surface area (Å²) in [4.78, 5) is 22.7. The third kappa shape index (κ3) is 3.12. The Balaban J connectivity index is 1.76. The maximum atomic E-state index is 14.2. The van der Waals surface area contributed by atoms with Gasteiger partial charge in [0.05, 0.1) is 24.8 Å². The molecule has 0 radical (unpaired) electrons. The molecule has 0 spiro atoms. The van der Waals surface area contributed by atoms with Gasteiger partial charge in [-0.15, -0.1) is 0 Å². The van der Waals surface area contributed by atoms with Gasteiger partial charge in [0.25, 0.3) is 5.56 Å². The molecular formula is C16H14ClFN4O2S. The van der Waals surface area contributed by atoms with E-state index < -0.39 is 5.82 Å². The Kier molecular flexibility index (Phi) is 4.41. The Morgan fingerprint density at radius 1 is 1.32 bits per heavy atom. The van der Waals surface area contributed by atoms with Crippen LogP contribution in [-0.4, -0.2) is 40.8 Å². The van der Waals surface area contributed by atoms with Crippen LogP contribution in [0.3, 0.4) is 0 Å². The average Bonchev–Trinajstić information content (AvgIpc) is 3.08. The molecule has 130 valence electrons. The zero-order valence-corrected chi connectivity index (χ0v) is 14.7. The zero-order valence-electron chi connectivity index (χ0n) is 13.1. The highest BCUT2D eigenvalue weighted by molar-refractivity contribution is 7.22. The van der Waals surface area contributed by atoms with Gasteiger partial charge in [-0.05, 0) is 6.07 Å². The summed E-state index contributed by atoms with van der Waals surface area (Å²) >= 11 is 7.15. The summed E-state index contributed by atoms with van der Waals surface area (Å²) < 4.78 is 21.7. The lowest BCUT2D eigenvalue weighted by Crippen LogP contribution is -2.36. The van der Waals surface area contributed by atoms with Gasteiger partial charge in [0.2, 0.25) is 0 Å². The van der Waals surface area contributed by atoms with Crippen LogP contribution < -0.4 is 10.5 Å². The first-order valence-electron chi connectivity index (χ1n) is 7.75. The molecule has 1 aliphatic heterocycles. The minimum atomic E-state index is -0.473. The maximum Gasteiger partial charge on any atom is 0.292 e. The van der Waals surface area contributed by atoms with Gasteiger partial charge in [0, 0.05) is 18.7 Å². The normalized spacial score (nSPS) is 15.0. The molecule has 0 N–H and O–H groups in total. The van der Waals surface area contributed by atoms with E-state index in [1.165, 1.54) is 23.7 Å². The number of thiazole rings is 1. The molecule has 0 bridgehead atoms. The van der Waals surface area contributed by atoms with E-state index in [0.717, 1.165) is 18.2 Å². The van der Waals surface area contributed by atoms with Crippen molar-refractivity contribution in [1.82, 2.24) is 14.5 Å². The Hall–Kier alpha value is -2.03. The van der Waals surface area contributed by atoms with Crippen LogP contribution in [0.15, 0.2) is 29.3 Å². The summed E-state index contributed by atoms with van der Waals surface area (Å²) in [6.45, 7) is 2.91. The van der Waals surface area contributed by atoms with Crippen LogP contribution in [0.4, 0.5) is 9.52 Å². The van der Waals surface area contributed by atoms with Gasteiger partial charge in [-0.1, -0.05) is 35.1 Å². The van der Waals surface area contributed by atoms with Gasteiger partial charge in [-0.2, -0.15) is 4.98 Å². The number of benzene rings is 1. The fourth-order valence-corrected chi connectivity index (χ4v) is 3.94. The van der Waals surface area contributed by atoms with Crippen LogP contribution >= 0.6 is 22.9 Å². The molecule has 0 unspecified atom stereocenters. The van der Waals surface area contributed by atoms with E-state index in [1.807, 2.05) is 0 Å². The van der Waals surface area contributed by atoms with E-state index in [-0.39, 0.29) is 17.1 Å². The fourth-order valence-electron chi connectivity index (χ4n) is 2.73. The van der Waals surface area contributed by atoms with Crippen molar-refractivity contribution in [3.8, 4) is 0 Å². The zero-order chi connectivity index (χ0) is 17.4. The molecule has 0 atom stereocenters. The third-order valence-corrected chi connectivity index (χ3v) is 5.42. The van der Waals surface area contributed by atoms with Crippen LogP contribution in [-0.2, 0) is 11.3 Å². The predicted molar refractivity (Wildman–Crippen MR) is 95.2 cm³/mol. The van der Waals surface area contributed by atoms with Crippen molar-refractivity contribution in [2.45, 2.75) is 6.54 Å². The summed E-state index contributed by atoms with van der Waals surface area (Å²) in [5, 5.41) is 0.818. The second-order valence-corrected chi connectivity index (χ2v) is 7.02. The Morgan fingerprint density at radius 3 is 2.92 bits per heavy atom. The number of fused-ring (bicyclic) bond motifs is 1. The second-order valence-electron chi connectivity index (χ2n) is 5.64. The Bertz CT molecular complexity index is 984. The first-order valence-corrected chi connectivity index (χ1v) is 8.94. The van der Waals surface area contributed by atoms with Gasteiger partial charge in [-0.25, -0.2) is 9.37 Å². The number of ether oxygens (including phenoxy) is 1. The van der Waals surface area contributed by atoms with Crippen LogP contribution in [0.5, 0.6) is 0 Å². The van der Waals surface area contributed by atoms with Crippen LogP contribution in [0.2, 0.25) is 5.02 Å². The number of nitrogens with zero attached hydrogens (tertiary/aromatic N) is 4. The smallest absolute Gasteiger partial charge is 0.292 e. The number of aromatic nitrogens is 3. The third-order valence-electron chi connectivity index (χ3n) is 4.03. The Morgan fingerprint density at radius 2 is 2.12 bits per heavy atom. The summed E-state index contributed by atoms with van der Waals surface area (Å²) in [5.41, 5.74) is 0.598. The van der Waals surface area contributed by atoms with E-state index in [0.29, 0.717) is 29.1 Å². The highest BCUT2D eigenvalue weighted by Crippen LogP contribution is 2.27. The number of anilines is 1. The molecule has 3 aromatic rings. The molecule has 1 aliphatic rings. The first-order chi connectivity index (χ1) is 12.1. The van der Waals surface area contributed by atoms with Crippen molar-refractivity contribution >= 4 is 38.4 Å². The minimum absolute atomic E-state index is 0.0648. The topological polar surface area (TPSA) is 60.2 Å². The molecule has 9 heteroatoms. The number of morpholine rings is 1. The van der Waals surface area contributed by atoms with Crippen molar-refractivity contribution in [1.29, 1.82) is 0 Å². The number of hydrogen-bond donors (Lipinski definition) is 0. The van der Waals surface area contributed by atoms with Crippen molar-refractivity contribution in [3.05, 3.63) is 51.3 Å². The quantitative estimate of drug-likeness (QED) is 0.698. The molecule has 0 aliphatic carbocycles. The van der Waals surface area contributed by atoms with Crippen LogP contribution in [0.25, 0.3) is 10.3 Å². The van der Waals surface area contributed by atoms with Crippen molar-refractivity contribution in [3.63, 3.8) is 0 Å². The molecule has 1 aromatic carbocycles. The predicted octanol–water partition coefficient (Wildman–Crippen LogP) is 2.53. The Labute approximate surface area is 151 Å². The summed E-state index contributed by atoms with van der Waals surface area (Å²) in [6, 6.07) is 4.84. The number of halogens is 2. The standard InChI is InChI=1S/C16H14ClFN4O2S/c17-11-3-1-2-10(12(11)18)8-22-9-19-15(23)13-14(22)20-16(25-13)21-4-6-24-7-5-21/h1-3,9H,4-8H2. The highest BCUT2D eigenvalue weighted by Gasteiger charge is 2.19. The number of hydrogen-bond acceptors (Lipinski definition) is 6. The van der Waals surface area contributed by atoms with Crippen molar-refractivity contribution in [2.75, 3.05) is 31.2 Å². The SMILES string of the molecule is O=c1ncn(Cc2cccc(Cl)c2F)c2nc(N3CCOCC3)sc12. The monoisotopic (exact) mass is 380 g/mol. The lowest BCUT2D eigenvalue weighted by molar-refractivity contribution is 0.122. The average molecular weight is 381 g/mol. The molecule has 4 rings (SSSR count). The molecule has 6 nitrogen and oxygen atoms in total. The summed E-state index contributed by atoms with van der Waals surface area (Å²) in [5.74, 6) is -0.473. The van der Waals surface area contributed by atoms with E-state index >= 15 is 0 Å². The van der Waals surface area contributed by atoms with Gasteiger partial charge in [-0.3, -0.25) is 4.79 Å². The molecule has 1 fully saturated rings. The van der Waals surface area contributed by atoms with Crippen molar-refractivity contribution in [2.24, 2.45) is 0 Å². The van der Waals surface area contributed by atoms with E-state index in [2.05, 4.69) is 14.9 Å². The first kappa shape index (κ1) is 16.4. The van der Waals surface area contributed by atoms with Gasteiger partial charge in [0.15, 0.2) is 10.8 Å². The lowest BCUT2D eigenvalue weighted by Gasteiger charge is -2.25. The largest absolute Gasteiger partial charge is 0.378 e. The second kappa shape index (κ2) is 6.70. The van der Waals surface area contributed by atoms with E-state index in [9.17, 15) is 9.18 Å². The molecule has 0 amide bonds.